The molecule has 0 aromatic rings. The minimum absolute atomic E-state index is 0.115. The first-order valence-electron chi connectivity index (χ1n) is 4.17. The maximum absolute atomic E-state index is 11.0. The minimum atomic E-state index is -0.115. The van der Waals surface area contributed by atoms with E-state index >= 15 is 0 Å². The Morgan fingerprint density at radius 2 is 2.33 bits per heavy atom. The van der Waals surface area contributed by atoms with Crippen molar-refractivity contribution in [3.05, 3.63) is 0 Å². The molecule has 0 bridgehead atoms. The monoisotopic (exact) mass is 171 g/mol. The van der Waals surface area contributed by atoms with E-state index in [4.69, 9.17) is 9.47 Å². The van der Waals surface area contributed by atoms with Crippen LogP contribution in [-0.4, -0.2) is 42.9 Å². The lowest BCUT2D eigenvalue weighted by Gasteiger charge is -2.17. The number of rotatable bonds is 1. The van der Waals surface area contributed by atoms with Crippen LogP contribution in [0, 0.1) is 0 Å². The normalized spacial score (nSPS) is 39.2. The molecule has 2 saturated heterocycles. The van der Waals surface area contributed by atoms with E-state index in [0.717, 1.165) is 6.42 Å². The largest absolute Gasteiger partial charge is 0.356 e. The molecular weight excluding hydrogens is 158 g/mol. The van der Waals surface area contributed by atoms with E-state index in [1.807, 2.05) is 4.90 Å². The van der Waals surface area contributed by atoms with Crippen molar-refractivity contribution >= 4 is 5.91 Å². The van der Waals surface area contributed by atoms with Gasteiger partial charge in [0.2, 0.25) is 5.91 Å². The van der Waals surface area contributed by atoms with Gasteiger partial charge in [0.1, 0.15) is 0 Å². The summed E-state index contributed by atoms with van der Waals surface area (Å²) in [4.78, 5) is 12.9. The Bertz CT molecular complexity index is 206. The quantitative estimate of drug-likeness (QED) is 0.520. The van der Waals surface area contributed by atoms with Crippen LogP contribution in [0.15, 0.2) is 0 Å². The number of ether oxygens (including phenoxy) is 2. The Hall–Kier alpha value is -0.610. The van der Waals surface area contributed by atoms with Gasteiger partial charge in [-0.2, -0.15) is 0 Å². The van der Waals surface area contributed by atoms with Crippen molar-refractivity contribution in [2.45, 2.75) is 31.7 Å². The molecule has 0 radical (unpaired) electrons. The first-order valence-corrected chi connectivity index (χ1v) is 4.17. The van der Waals surface area contributed by atoms with Gasteiger partial charge >= 0.3 is 0 Å². The van der Waals surface area contributed by atoms with Crippen molar-refractivity contribution in [2.24, 2.45) is 0 Å². The molecule has 2 fully saturated rings. The number of nitrogens with zero attached hydrogens (tertiary/aromatic N) is 1. The van der Waals surface area contributed by atoms with Gasteiger partial charge in [-0.25, -0.2) is 0 Å². The molecule has 0 aromatic heterocycles. The van der Waals surface area contributed by atoms with Crippen LogP contribution < -0.4 is 0 Å². The molecule has 0 N–H and O–H groups in total. The van der Waals surface area contributed by atoms with Crippen LogP contribution in [0.2, 0.25) is 0 Å². The van der Waals surface area contributed by atoms with Crippen LogP contribution in [-0.2, 0) is 14.3 Å². The van der Waals surface area contributed by atoms with Gasteiger partial charge in [-0.1, -0.05) is 0 Å². The van der Waals surface area contributed by atoms with Crippen molar-refractivity contribution in [1.82, 2.24) is 4.90 Å². The number of carbonyl (C=O) groups is 1. The van der Waals surface area contributed by atoms with Crippen molar-refractivity contribution in [3.8, 4) is 0 Å². The second-order valence-corrected chi connectivity index (χ2v) is 3.30. The lowest BCUT2D eigenvalue weighted by Crippen LogP contribution is -2.26. The Morgan fingerprint density at radius 1 is 1.58 bits per heavy atom. The van der Waals surface area contributed by atoms with Crippen molar-refractivity contribution in [2.75, 3.05) is 13.7 Å². The van der Waals surface area contributed by atoms with Crippen LogP contribution in [0.5, 0.6) is 0 Å². The van der Waals surface area contributed by atoms with Gasteiger partial charge < -0.3 is 14.4 Å². The van der Waals surface area contributed by atoms with Crippen molar-refractivity contribution in [3.63, 3.8) is 0 Å². The van der Waals surface area contributed by atoms with E-state index < -0.39 is 0 Å². The number of hydrogen-bond acceptors (Lipinski definition) is 3. The lowest BCUT2D eigenvalue weighted by molar-refractivity contribution is -0.137. The Morgan fingerprint density at radius 3 is 2.92 bits per heavy atom. The molecule has 1 amide bonds. The molecule has 0 unspecified atom stereocenters. The van der Waals surface area contributed by atoms with Gasteiger partial charge in [-0.05, 0) is 0 Å². The number of methoxy groups -OCH3 is 1. The summed E-state index contributed by atoms with van der Waals surface area (Å²) in [7, 11) is 1.63. The maximum atomic E-state index is 11.0. The van der Waals surface area contributed by atoms with Crippen molar-refractivity contribution < 1.29 is 14.3 Å². The van der Waals surface area contributed by atoms with E-state index in [1.165, 1.54) is 0 Å². The highest BCUT2D eigenvalue weighted by Crippen LogP contribution is 2.36. The third-order valence-corrected chi connectivity index (χ3v) is 2.58. The summed E-state index contributed by atoms with van der Waals surface area (Å²) >= 11 is 0. The van der Waals surface area contributed by atoms with Gasteiger partial charge in [-0.3, -0.25) is 4.79 Å². The average Bonchev–Trinajstić information content (AvgIpc) is 2.76. The molecular formula is C8H13NO3. The molecule has 0 saturated carbocycles. The summed E-state index contributed by atoms with van der Waals surface area (Å²) in [5, 5.41) is 0. The molecule has 3 atom stereocenters. The second-order valence-electron chi connectivity index (χ2n) is 3.30. The SMILES string of the molecule is CO[C@@H]1C[C@@H]2[C@H](CO1)N2C(C)=O. The van der Waals surface area contributed by atoms with Crippen LogP contribution >= 0.6 is 0 Å². The third-order valence-electron chi connectivity index (χ3n) is 2.58. The zero-order chi connectivity index (χ0) is 8.72. The smallest absolute Gasteiger partial charge is 0.220 e. The summed E-state index contributed by atoms with van der Waals surface area (Å²) in [6, 6.07) is 0.704. The fourth-order valence-corrected chi connectivity index (χ4v) is 1.90. The van der Waals surface area contributed by atoms with E-state index in [9.17, 15) is 4.79 Å². The Kier molecular flexibility index (Phi) is 1.81. The van der Waals surface area contributed by atoms with Gasteiger partial charge in [0.15, 0.2) is 6.29 Å². The number of amides is 1. The fourth-order valence-electron chi connectivity index (χ4n) is 1.90. The average molecular weight is 171 g/mol. The Labute approximate surface area is 71.4 Å². The summed E-state index contributed by atoms with van der Waals surface area (Å²) in [6.45, 7) is 2.23. The first-order chi connectivity index (χ1) is 5.74. The molecule has 68 valence electrons. The zero-order valence-corrected chi connectivity index (χ0v) is 7.32. The third kappa shape index (κ3) is 1.11. The van der Waals surface area contributed by atoms with Crippen molar-refractivity contribution in [1.29, 1.82) is 0 Å². The molecule has 0 spiro atoms. The van der Waals surface area contributed by atoms with Gasteiger partial charge in [-0.15, -0.1) is 0 Å². The van der Waals surface area contributed by atoms with E-state index in [2.05, 4.69) is 0 Å². The van der Waals surface area contributed by atoms with Crippen LogP contribution in [0.25, 0.3) is 0 Å². The van der Waals surface area contributed by atoms with Gasteiger partial charge in [0, 0.05) is 20.5 Å². The minimum Gasteiger partial charge on any atom is -0.356 e. The van der Waals surface area contributed by atoms with Crippen LogP contribution in [0.3, 0.4) is 0 Å². The Balaban J connectivity index is 1.93. The predicted molar refractivity (Wildman–Crippen MR) is 41.5 cm³/mol. The molecule has 4 nitrogen and oxygen atoms in total. The second kappa shape index (κ2) is 2.71. The summed E-state index contributed by atoms with van der Waals surface area (Å²) in [5.41, 5.74) is 0. The highest BCUT2D eigenvalue weighted by atomic mass is 16.7. The van der Waals surface area contributed by atoms with Gasteiger partial charge in [0.25, 0.3) is 0 Å². The van der Waals surface area contributed by atoms with E-state index in [1.54, 1.807) is 14.0 Å². The van der Waals surface area contributed by atoms with E-state index in [0.29, 0.717) is 18.7 Å². The molecule has 4 heteroatoms. The first kappa shape index (κ1) is 8.01. The molecule has 2 rings (SSSR count). The summed E-state index contributed by atoms with van der Waals surface area (Å²) in [6.07, 6.45) is 0.705. The maximum Gasteiger partial charge on any atom is 0.220 e. The number of hydrogen-bond donors (Lipinski definition) is 0. The van der Waals surface area contributed by atoms with Gasteiger partial charge in [0.05, 0.1) is 18.7 Å². The molecule has 2 aliphatic heterocycles. The molecule has 2 heterocycles. The highest BCUT2D eigenvalue weighted by molar-refractivity contribution is 5.77. The van der Waals surface area contributed by atoms with Crippen LogP contribution in [0.4, 0.5) is 0 Å². The lowest BCUT2D eigenvalue weighted by atomic mass is 10.2. The van der Waals surface area contributed by atoms with E-state index in [-0.39, 0.29) is 12.2 Å². The molecule has 0 aromatic carbocycles. The summed E-state index contributed by atoms with van der Waals surface area (Å²) in [5.74, 6) is 0.144. The predicted octanol–water partition coefficient (Wildman–Crippen LogP) is -0.0215. The molecule has 0 aliphatic carbocycles. The highest BCUT2D eigenvalue weighted by Gasteiger charge is 2.53. The standard InChI is InChI=1S/C8H13NO3/c1-5(10)9-6-3-8(11-2)12-4-7(6)9/h6-8H,3-4H2,1-2H3/t6-,7+,8+,9?/m1/s1. The zero-order valence-electron chi connectivity index (χ0n) is 7.32. The van der Waals surface area contributed by atoms with Crippen LogP contribution in [0.1, 0.15) is 13.3 Å². The molecule has 12 heavy (non-hydrogen) atoms. The summed E-state index contributed by atoms with van der Waals surface area (Å²) < 4.78 is 10.4. The molecule has 2 aliphatic rings. The number of fused-ring (bicyclic) bond motifs is 1. The topological polar surface area (TPSA) is 38.5 Å². The number of carbonyl (C=O) groups excluding carboxylic acids is 1. The fraction of sp³-hybridized carbons (Fsp3) is 0.875.